The quantitative estimate of drug-likeness (QED) is 0.850. The van der Waals surface area contributed by atoms with Crippen LogP contribution in [0.15, 0.2) is 24.3 Å². The molecule has 1 atom stereocenters. The second-order valence-corrected chi connectivity index (χ2v) is 8.86. The zero-order valence-electron chi connectivity index (χ0n) is 14.1. The van der Waals surface area contributed by atoms with Gasteiger partial charge in [0.2, 0.25) is 5.91 Å². The number of carbonyl (C=O) groups excluding carboxylic acids is 1. The van der Waals surface area contributed by atoms with E-state index in [1.54, 1.807) is 0 Å². The maximum Gasteiger partial charge on any atom is 0.241 e. The SMILES string of the molecule is Cc1ccc(C(C)CNC(=O)C2(S(C)(=O)=O)CCNCC2)cc1. The predicted octanol–water partition coefficient (Wildman–Crippen LogP) is 1.38. The largest absolute Gasteiger partial charge is 0.354 e. The van der Waals surface area contributed by atoms with Crippen LogP contribution in [-0.2, 0) is 14.6 Å². The van der Waals surface area contributed by atoms with Gasteiger partial charge >= 0.3 is 0 Å². The van der Waals surface area contributed by atoms with Crippen molar-refractivity contribution in [3.8, 4) is 0 Å². The fourth-order valence-corrected chi connectivity index (χ4v) is 4.37. The Morgan fingerprint density at radius 3 is 2.35 bits per heavy atom. The third kappa shape index (κ3) is 3.93. The van der Waals surface area contributed by atoms with E-state index >= 15 is 0 Å². The first-order valence-corrected chi connectivity index (χ1v) is 9.90. The summed E-state index contributed by atoms with van der Waals surface area (Å²) in [5.41, 5.74) is 2.32. The van der Waals surface area contributed by atoms with Crippen LogP contribution < -0.4 is 10.6 Å². The summed E-state index contributed by atoms with van der Waals surface area (Å²) in [6.07, 6.45) is 1.83. The molecule has 0 spiro atoms. The lowest BCUT2D eigenvalue weighted by Gasteiger charge is -2.34. The first-order valence-electron chi connectivity index (χ1n) is 8.01. The van der Waals surface area contributed by atoms with Crippen LogP contribution in [0.1, 0.15) is 36.8 Å². The first-order chi connectivity index (χ1) is 10.8. The molecule has 0 aliphatic carbocycles. The topological polar surface area (TPSA) is 75.3 Å². The summed E-state index contributed by atoms with van der Waals surface area (Å²) in [6, 6.07) is 8.17. The maximum atomic E-state index is 12.6. The highest BCUT2D eigenvalue weighted by Crippen LogP contribution is 2.28. The van der Waals surface area contributed by atoms with Crippen molar-refractivity contribution in [3.05, 3.63) is 35.4 Å². The minimum atomic E-state index is -3.46. The van der Waals surface area contributed by atoms with Crippen LogP contribution >= 0.6 is 0 Å². The summed E-state index contributed by atoms with van der Waals surface area (Å²) in [6.45, 7) is 5.60. The van der Waals surface area contributed by atoms with Crippen LogP contribution in [0.2, 0.25) is 0 Å². The molecule has 23 heavy (non-hydrogen) atoms. The van der Waals surface area contributed by atoms with Crippen molar-refractivity contribution in [2.24, 2.45) is 0 Å². The van der Waals surface area contributed by atoms with E-state index in [2.05, 4.69) is 10.6 Å². The number of sulfone groups is 1. The van der Waals surface area contributed by atoms with Gasteiger partial charge in [0.15, 0.2) is 14.6 Å². The number of carbonyl (C=O) groups is 1. The fraction of sp³-hybridized carbons (Fsp3) is 0.588. The lowest BCUT2D eigenvalue weighted by molar-refractivity contribution is -0.124. The molecule has 1 fully saturated rings. The van der Waals surface area contributed by atoms with Gasteiger partial charge in [0, 0.05) is 12.8 Å². The van der Waals surface area contributed by atoms with E-state index in [1.807, 2.05) is 38.1 Å². The van der Waals surface area contributed by atoms with Gasteiger partial charge in [-0.15, -0.1) is 0 Å². The zero-order chi connectivity index (χ0) is 17.1. The molecule has 1 aromatic carbocycles. The molecule has 0 saturated carbocycles. The van der Waals surface area contributed by atoms with Crippen LogP contribution in [-0.4, -0.2) is 45.0 Å². The highest BCUT2D eigenvalue weighted by Gasteiger charge is 2.48. The summed E-state index contributed by atoms with van der Waals surface area (Å²) >= 11 is 0. The number of piperidine rings is 1. The van der Waals surface area contributed by atoms with E-state index in [0.717, 1.165) is 5.56 Å². The molecule has 6 heteroatoms. The fourth-order valence-electron chi connectivity index (χ4n) is 3.02. The van der Waals surface area contributed by atoms with E-state index in [0.29, 0.717) is 32.5 Å². The summed E-state index contributed by atoms with van der Waals surface area (Å²) in [4.78, 5) is 12.6. The molecule has 2 N–H and O–H groups in total. The Kier molecular flexibility index (Phi) is 5.47. The monoisotopic (exact) mass is 338 g/mol. The van der Waals surface area contributed by atoms with Gasteiger partial charge in [0.1, 0.15) is 0 Å². The van der Waals surface area contributed by atoms with Crippen molar-refractivity contribution >= 4 is 15.7 Å². The van der Waals surface area contributed by atoms with Crippen molar-refractivity contribution in [3.63, 3.8) is 0 Å². The van der Waals surface area contributed by atoms with E-state index in [-0.39, 0.29) is 11.8 Å². The summed E-state index contributed by atoms with van der Waals surface area (Å²) in [7, 11) is -3.46. The van der Waals surface area contributed by atoms with Gasteiger partial charge in [-0.25, -0.2) is 8.42 Å². The second kappa shape index (κ2) is 7.01. The van der Waals surface area contributed by atoms with Gasteiger partial charge in [0.05, 0.1) is 0 Å². The number of nitrogens with one attached hydrogen (secondary N) is 2. The van der Waals surface area contributed by atoms with Gasteiger partial charge in [-0.1, -0.05) is 36.8 Å². The summed E-state index contributed by atoms with van der Waals surface area (Å²) < 4.78 is 23.1. The molecule has 0 bridgehead atoms. The number of amides is 1. The van der Waals surface area contributed by atoms with Crippen molar-refractivity contribution in [2.75, 3.05) is 25.9 Å². The smallest absolute Gasteiger partial charge is 0.241 e. The molecule has 1 aromatic rings. The normalized spacial score (nSPS) is 19.1. The molecular weight excluding hydrogens is 312 g/mol. The van der Waals surface area contributed by atoms with Crippen molar-refractivity contribution < 1.29 is 13.2 Å². The van der Waals surface area contributed by atoms with Crippen molar-refractivity contribution in [1.82, 2.24) is 10.6 Å². The Balaban J connectivity index is 2.06. The average Bonchev–Trinajstić information content (AvgIpc) is 2.52. The molecule has 1 aliphatic heterocycles. The summed E-state index contributed by atoms with van der Waals surface area (Å²) in [5, 5.41) is 5.98. The molecule has 1 saturated heterocycles. The van der Waals surface area contributed by atoms with Gasteiger partial charge < -0.3 is 10.6 Å². The Morgan fingerprint density at radius 1 is 1.26 bits per heavy atom. The molecule has 128 valence electrons. The Hall–Kier alpha value is -1.40. The molecular formula is C17H26N2O3S. The third-order valence-corrected chi connectivity index (χ3v) is 6.76. The van der Waals surface area contributed by atoms with Gasteiger partial charge in [-0.3, -0.25) is 4.79 Å². The lowest BCUT2D eigenvalue weighted by Crippen LogP contribution is -2.57. The molecule has 5 nitrogen and oxygen atoms in total. The Bertz CT molecular complexity index is 647. The molecule has 1 aliphatic rings. The van der Waals surface area contributed by atoms with E-state index in [1.165, 1.54) is 11.8 Å². The average molecular weight is 338 g/mol. The summed E-state index contributed by atoms with van der Waals surface area (Å²) in [5.74, 6) is -0.224. The third-order valence-electron chi connectivity index (χ3n) is 4.75. The Morgan fingerprint density at radius 2 is 1.83 bits per heavy atom. The van der Waals surface area contributed by atoms with Crippen LogP contribution in [0.3, 0.4) is 0 Å². The molecule has 0 radical (unpaired) electrons. The van der Waals surface area contributed by atoms with Crippen LogP contribution in [0.4, 0.5) is 0 Å². The molecule has 1 amide bonds. The highest BCUT2D eigenvalue weighted by atomic mass is 32.2. The minimum absolute atomic E-state index is 0.137. The number of benzene rings is 1. The number of hydrogen-bond donors (Lipinski definition) is 2. The van der Waals surface area contributed by atoms with Crippen LogP contribution in [0, 0.1) is 6.92 Å². The number of rotatable bonds is 5. The zero-order valence-corrected chi connectivity index (χ0v) is 14.9. The van der Waals surface area contributed by atoms with Gasteiger partial charge in [0.25, 0.3) is 0 Å². The second-order valence-electron chi connectivity index (χ2n) is 6.54. The van der Waals surface area contributed by atoms with Crippen LogP contribution in [0.5, 0.6) is 0 Å². The predicted molar refractivity (Wildman–Crippen MR) is 92.3 cm³/mol. The van der Waals surface area contributed by atoms with E-state index in [4.69, 9.17) is 0 Å². The van der Waals surface area contributed by atoms with E-state index < -0.39 is 14.6 Å². The van der Waals surface area contributed by atoms with Gasteiger partial charge in [-0.05, 0) is 44.3 Å². The lowest BCUT2D eigenvalue weighted by atomic mass is 9.95. The van der Waals surface area contributed by atoms with Gasteiger partial charge in [-0.2, -0.15) is 0 Å². The number of aryl methyl sites for hydroxylation is 1. The van der Waals surface area contributed by atoms with E-state index in [9.17, 15) is 13.2 Å². The molecule has 1 unspecified atom stereocenters. The maximum absolute atomic E-state index is 12.6. The molecule has 0 aromatic heterocycles. The highest BCUT2D eigenvalue weighted by molar-refractivity contribution is 7.92. The standard InChI is InChI=1S/C17H26N2O3S/c1-13-4-6-15(7-5-13)14(2)12-19-16(20)17(23(3,21)22)8-10-18-11-9-17/h4-7,14,18H,8-12H2,1-3H3,(H,19,20). The first kappa shape index (κ1) is 17.9. The molecule has 2 rings (SSSR count). The van der Waals surface area contributed by atoms with Crippen molar-refractivity contribution in [2.45, 2.75) is 37.4 Å². The number of hydrogen-bond acceptors (Lipinski definition) is 4. The minimum Gasteiger partial charge on any atom is -0.354 e. The Labute approximate surface area is 138 Å². The van der Waals surface area contributed by atoms with Crippen LogP contribution in [0.25, 0.3) is 0 Å². The van der Waals surface area contributed by atoms with Crippen molar-refractivity contribution in [1.29, 1.82) is 0 Å². The molecule has 1 heterocycles.